The summed E-state index contributed by atoms with van der Waals surface area (Å²) in [5.41, 5.74) is 5.03. The van der Waals surface area contributed by atoms with Gasteiger partial charge in [-0.2, -0.15) is 0 Å². The number of hydrogen-bond acceptors (Lipinski definition) is 5. The van der Waals surface area contributed by atoms with Crippen LogP contribution in [0.1, 0.15) is 40.0 Å². The lowest BCUT2D eigenvalue weighted by Gasteiger charge is -2.11. The second-order valence-corrected chi connectivity index (χ2v) is 5.27. The van der Waals surface area contributed by atoms with Crippen LogP contribution in [-0.4, -0.2) is 62.5 Å². The highest BCUT2D eigenvalue weighted by molar-refractivity contribution is 6.18. The van der Waals surface area contributed by atoms with E-state index in [-0.39, 0.29) is 6.10 Å². The third kappa shape index (κ3) is 25.4. The van der Waals surface area contributed by atoms with Gasteiger partial charge in [0.1, 0.15) is 0 Å². The molecule has 1 atom stereocenters. The Balaban J connectivity index is 0. The Bertz CT molecular complexity index is 172. The van der Waals surface area contributed by atoms with Crippen molar-refractivity contribution in [3.63, 3.8) is 0 Å². The fourth-order valence-electron chi connectivity index (χ4n) is 1.12. The number of epoxide rings is 1. The van der Waals surface area contributed by atoms with Gasteiger partial charge in [0.25, 0.3) is 0 Å². The Morgan fingerprint density at radius 2 is 1.57 bits per heavy atom. The first-order valence-electron chi connectivity index (χ1n) is 8.13. The molecule has 1 aliphatic heterocycles. The zero-order chi connectivity index (χ0) is 16.3. The average molecular weight is 326 g/mol. The van der Waals surface area contributed by atoms with E-state index in [4.69, 9.17) is 22.1 Å². The van der Waals surface area contributed by atoms with Crippen molar-refractivity contribution >= 4 is 11.6 Å². The van der Waals surface area contributed by atoms with Crippen molar-refractivity contribution in [3.05, 3.63) is 0 Å². The summed E-state index contributed by atoms with van der Waals surface area (Å²) in [6, 6.07) is 0. The summed E-state index contributed by atoms with van der Waals surface area (Å²) >= 11 is 5.27. The van der Waals surface area contributed by atoms with Crippen molar-refractivity contribution in [2.75, 3.05) is 45.2 Å². The molecule has 0 amide bonds. The molecule has 0 aromatic heterocycles. The predicted octanol–water partition coefficient (Wildman–Crippen LogP) is 1.33. The highest BCUT2D eigenvalue weighted by Gasteiger charge is 2.19. The van der Waals surface area contributed by atoms with Crippen LogP contribution in [0.4, 0.5) is 0 Å². The summed E-state index contributed by atoms with van der Waals surface area (Å²) in [5.74, 6) is 0.667. The van der Waals surface area contributed by atoms with Gasteiger partial charge in [-0.05, 0) is 38.9 Å². The molecular formula is C15H36ClN3O2. The van der Waals surface area contributed by atoms with Crippen LogP contribution in [0, 0.1) is 0 Å². The molecule has 1 heterocycles. The molecule has 0 bridgehead atoms. The zero-order valence-corrected chi connectivity index (χ0v) is 14.8. The van der Waals surface area contributed by atoms with E-state index in [0.29, 0.717) is 25.1 Å². The number of rotatable bonds is 10. The molecule has 5 nitrogen and oxygen atoms in total. The fourth-order valence-corrected chi connectivity index (χ4v) is 1.30. The molecule has 1 unspecified atom stereocenters. The quantitative estimate of drug-likeness (QED) is 0.277. The SMILES string of the molecule is CCCN.CCCNCC(O)CNCCC.ClCC1CO1. The van der Waals surface area contributed by atoms with E-state index in [1.54, 1.807) is 0 Å². The van der Waals surface area contributed by atoms with E-state index in [1.165, 1.54) is 0 Å². The molecule has 0 aliphatic carbocycles. The Morgan fingerprint density at radius 3 is 1.76 bits per heavy atom. The summed E-state index contributed by atoms with van der Waals surface area (Å²) in [6.07, 6.45) is 3.49. The molecule has 6 heteroatoms. The summed E-state index contributed by atoms with van der Waals surface area (Å²) in [7, 11) is 0. The number of aliphatic hydroxyl groups is 1. The third-order valence-electron chi connectivity index (χ3n) is 2.48. The van der Waals surface area contributed by atoms with Crippen LogP contribution in [0.15, 0.2) is 0 Å². The van der Waals surface area contributed by atoms with Crippen molar-refractivity contribution in [3.8, 4) is 0 Å². The number of nitrogens with one attached hydrogen (secondary N) is 2. The third-order valence-corrected chi connectivity index (χ3v) is 2.82. The lowest BCUT2D eigenvalue weighted by molar-refractivity contribution is 0.169. The molecule has 1 fully saturated rings. The smallest absolute Gasteiger partial charge is 0.0944 e. The Labute approximate surface area is 136 Å². The minimum atomic E-state index is -0.247. The Morgan fingerprint density at radius 1 is 1.14 bits per heavy atom. The first-order valence-corrected chi connectivity index (χ1v) is 8.66. The van der Waals surface area contributed by atoms with Crippen molar-refractivity contribution in [2.24, 2.45) is 5.73 Å². The summed E-state index contributed by atoms with van der Waals surface area (Å²) < 4.78 is 4.73. The molecule has 1 saturated heterocycles. The Hall–Kier alpha value is 0.0900. The number of halogens is 1. The maximum Gasteiger partial charge on any atom is 0.0944 e. The van der Waals surface area contributed by atoms with Gasteiger partial charge in [-0.15, -0.1) is 11.6 Å². The van der Waals surface area contributed by atoms with Crippen molar-refractivity contribution < 1.29 is 9.84 Å². The number of nitrogens with two attached hydrogens (primary N) is 1. The normalized spacial score (nSPS) is 15.9. The van der Waals surface area contributed by atoms with Gasteiger partial charge in [0, 0.05) is 13.1 Å². The summed E-state index contributed by atoms with van der Waals surface area (Å²) in [6.45, 7) is 11.4. The van der Waals surface area contributed by atoms with Gasteiger partial charge in [-0.3, -0.25) is 0 Å². The van der Waals surface area contributed by atoms with Crippen LogP contribution in [-0.2, 0) is 4.74 Å². The molecule has 0 aromatic rings. The van der Waals surface area contributed by atoms with E-state index in [0.717, 1.165) is 45.5 Å². The maximum absolute atomic E-state index is 9.38. The minimum absolute atomic E-state index is 0.247. The molecule has 5 N–H and O–H groups in total. The molecule has 21 heavy (non-hydrogen) atoms. The van der Waals surface area contributed by atoms with Gasteiger partial charge in [0.15, 0.2) is 0 Å². The molecule has 1 rings (SSSR count). The summed E-state index contributed by atoms with van der Waals surface area (Å²) in [4.78, 5) is 0. The van der Waals surface area contributed by atoms with Crippen LogP contribution < -0.4 is 16.4 Å². The largest absolute Gasteiger partial charge is 0.390 e. The second kappa shape index (κ2) is 20.1. The van der Waals surface area contributed by atoms with Crippen LogP contribution in [0.3, 0.4) is 0 Å². The van der Waals surface area contributed by atoms with E-state index >= 15 is 0 Å². The van der Waals surface area contributed by atoms with Gasteiger partial charge >= 0.3 is 0 Å². The lowest BCUT2D eigenvalue weighted by Crippen LogP contribution is -2.35. The van der Waals surface area contributed by atoms with Crippen molar-refractivity contribution in [1.29, 1.82) is 0 Å². The molecule has 130 valence electrons. The fraction of sp³-hybridized carbons (Fsp3) is 1.00. The van der Waals surface area contributed by atoms with Crippen LogP contribution in [0.5, 0.6) is 0 Å². The lowest BCUT2D eigenvalue weighted by atomic mass is 10.3. The minimum Gasteiger partial charge on any atom is -0.390 e. The van der Waals surface area contributed by atoms with Gasteiger partial charge in [-0.1, -0.05) is 20.8 Å². The van der Waals surface area contributed by atoms with Crippen LogP contribution in [0.25, 0.3) is 0 Å². The van der Waals surface area contributed by atoms with Gasteiger partial charge in [-0.25, -0.2) is 0 Å². The predicted molar refractivity (Wildman–Crippen MR) is 92.1 cm³/mol. The van der Waals surface area contributed by atoms with E-state index in [2.05, 4.69) is 31.4 Å². The Kier molecular flexibility index (Phi) is 22.3. The highest BCUT2D eigenvalue weighted by atomic mass is 35.5. The van der Waals surface area contributed by atoms with Crippen LogP contribution in [0.2, 0.25) is 0 Å². The first-order chi connectivity index (χ1) is 10.2. The second-order valence-electron chi connectivity index (χ2n) is 4.96. The van der Waals surface area contributed by atoms with Gasteiger partial charge < -0.3 is 26.2 Å². The number of alkyl halides is 1. The van der Waals surface area contributed by atoms with Crippen LogP contribution >= 0.6 is 11.6 Å². The summed E-state index contributed by atoms with van der Waals surface area (Å²) in [5, 5.41) is 15.7. The molecule has 0 spiro atoms. The average Bonchev–Trinajstić information content (AvgIpc) is 3.33. The first kappa shape index (κ1) is 23.4. The van der Waals surface area contributed by atoms with E-state index < -0.39 is 0 Å². The van der Waals surface area contributed by atoms with E-state index in [1.807, 2.05) is 0 Å². The topological polar surface area (TPSA) is 82.8 Å². The van der Waals surface area contributed by atoms with E-state index in [9.17, 15) is 5.11 Å². The standard InChI is InChI=1S/C9H22N2O.C3H5ClO.C3H9N/c1-3-5-10-7-9(12)8-11-6-4-2;4-1-3-2-5-3;1-2-3-4/h9-12H,3-8H2,1-2H3;3H,1-2H2;2-4H2,1H3. The number of hydrogen-bond donors (Lipinski definition) is 4. The monoisotopic (exact) mass is 325 g/mol. The zero-order valence-electron chi connectivity index (χ0n) is 14.0. The molecule has 0 radical (unpaired) electrons. The number of ether oxygens (including phenoxy) is 1. The maximum atomic E-state index is 9.38. The number of aliphatic hydroxyl groups excluding tert-OH is 1. The highest BCUT2D eigenvalue weighted by Crippen LogP contribution is 2.08. The molecule has 1 aliphatic rings. The molecule has 0 aromatic carbocycles. The van der Waals surface area contributed by atoms with Crippen molar-refractivity contribution in [2.45, 2.75) is 52.2 Å². The van der Waals surface area contributed by atoms with Gasteiger partial charge in [0.05, 0.1) is 24.7 Å². The molecular weight excluding hydrogens is 290 g/mol. The van der Waals surface area contributed by atoms with Crippen molar-refractivity contribution in [1.82, 2.24) is 10.6 Å². The van der Waals surface area contributed by atoms with Gasteiger partial charge in [0.2, 0.25) is 0 Å². The molecule has 0 saturated carbocycles.